The molecule has 3 heteroatoms. The van der Waals surface area contributed by atoms with Crippen LogP contribution in [0.4, 0.5) is 0 Å². The van der Waals surface area contributed by atoms with E-state index in [2.05, 4.69) is 22.4 Å². The molecule has 1 aromatic heterocycles. The van der Waals surface area contributed by atoms with Crippen molar-refractivity contribution in [2.75, 3.05) is 0 Å². The minimum atomic E-state index is 0.727. The molecule has 3 nitrogen and oxygen atoms in total. The number of rotatable bonds is 3. The monoisotopic (exact) mass is 247 g/mol. The molecule has 0 saturated heterocycles. The first-order valence-electron chi connectivity index (χ1n) is 7.50. The van der Waals surface area contributed by atoms with Crippen LogP contribution in [-0.4, -0.2) is 16.2 Å². The van der Waals surface area contributed by atoms with Gasteiger partial charge in [-0.1, -0.05) is 12.8 Å². The molecule has 2 aliphatic carbocycles. The van der Waals surface area contributed by atoms with Crippen LogP contribution in [-0.2, 0) is 6.54 Å². The van der Waals surface area contributed by atoms with Crippen LogP contribution >= 0.6 is 0 Å². The third-order valence-corrected chi connectivity index (χ3v) is 5.23. The molecule has 0 bridgehead atoms. The van der Waals surface area contributed by atoms with Crippen molar-refractivity contribution in [3.63, 3.8) is 0 Å². The van der Waals surface area contributed by atoms with Gasteiger partial charge < -0.3 is 5.32 Å². The van der Waals surface area contributed by atoms with Crippen molar-refractivity contribution in [1.82, 2.24) is 15.5 Å². The molecule has 2 saturated carbocycles. The summed E-state index contributed by atoms with van der Waals surface area (Å²) in [5, 5.41) is 10.8. The van der Waals surface area contributed by atoms with E-state index in [1.165, 1.54) is 62.6 Å². The SMILES string of the molecule is Cc1[nH]ncc1CNC1CCC2(CCCC2)CC1. The first-order valence-corrected chi connectivity index (χ1v) is 7.50. The molecule has 0 atom stereocenters. The molecule has 2 aliphatic rings. The predicted octanol–water partition coefficient (Wildman–Crippen LogP) is 3.31. The van der Waals surface area contributed by atoms with E-state index in [9.17, 15) is 0 Å². The highest BCUT2D eigenvalue weighted by Crippen LogP contribution is 2.48. The fourth-order valence-corrected chi connectivity index (χ4v) is 3.87. The van der Waals surface area contributed by atoms with Crippen molar-refractivity contribution in [2.45, 2.75) is 70.9 Å². The Labute approximate surface area is 110 Å². The molecule has 1 spiro atoms. The zero-order valence-corrected chi connectivity index (χ0v) is 11.5. The minimum absolute atomic E-state index is 0.727. The van der Waals surface area contributed by atoms with E-state index in [-0.39, 0.29) is 0 Å². The molecule has 2 fully saturated rings. The van der Waals surface area contributed by atoms with Gasteiger partial charge in [0.2, 0.25) is 0 Å². The van der Waals surface area contributed by atoms with Crippen LogP contribution in [0.1, 0.15) is 62.6 Å². The number of aryl methyl sites for hydroxylation is 1. The second kappa shape index (κ2) is 5.04. The smallest absolute Gasteiger partial charge is 0.0535 e. The Morgan fingerprint density at radius 1 is 1.28 bits per heavy atom. The molecule has 0 radical (unpaired) electrons. The Hall–Kier alpha value is -0.830. The fourth-order valence-electron chi connectivity index (χ4n) is 3.87. The molecule has 18 heavy (non-hydrogen) atoms. The summed E-state index contributed by atoms with van der Waals surface area (Å²) in [6, 6.07) is 0.727. The summed E-state index contributed by atoms with van der Waals surface area (Å²) in [4.78, 5) is 0. The van der Waals surface area contributed by atoms with Crippen LogP contribution in [0.15, 0.2) is 6.20 Å². The molecule has 1 heterocycles. The summed E-state index contributed by atoms with van der Waals surface area (Å²) in [5.41, 5.74) is 3.27. The lowest BCUT2D eigenvalue weighted by atomic mass is 9.71. The Morgan fingerprint density at radius 3 is 2.61 bits per heavy atom. The highest BCUT2D eigenvalue weighted by atomic mass is 15.1. The van der Waals surface area contributed by atoms with E-state index in [0.717, 1.165) is 18.0 Å². The standard InChI is InChI=1S/C15H25N3/c1-12-13(11-17-18-12)10-16-14-4-8-15(9-5-14)6-2-3-7-15/h11,14,16H,2-10H2,1H3,(H,17,18). The van der Waals surface area contributed by atoms with E-state index in [1.807, 2.05) is 6.20 Å². The summed E-state index contributed by atoms with van der Waals surface area (Å²) < 4.78 is 0. The number of nitrogens with zero attached hydrogens (tertiary/aromatic N) is 1. The van der Waals surface area contributed by atoms with E-state index in [1.54, 1.807) is 0 Å². The van der Waals surface area contributed by atoms with Gasteiger partial charge in [-0.25, -0.2) is 0 Å². The van der Waals surface area contributed by atoms with E-state index in [0.29, 0.717) is 0 Å². The zero-order chi connectivity index (χ0) is 12.4. The maximum absolute atomic E-state index is 4.08. The summed E-state index contributed by atoms with van der Waals surface area (Å²) in [6.07, 6.45) is 13.6. The van der Waals surface area contributed by atoms with Crippen LogP contribution in [0.25, 0.3) is 0 Å². The number of nitrogens with one attached hydrogen (secondary N) is 2. The van der Waals surface area contributed by atoms with Crippen molar-refractivity contribution < 1.29 is 0 Å². The normalized spacial score (nSPS) is 23.8. The lowest BCUT2D eigenvalue weighted by molar-refractivity contribution is 0.168. The predicted molar refractivity (Wildman–Crippen MR) is 73.3 cm³/mol. The van der Waals surface area contributed by atoms with Crippen LogP contribution < -0.4 is 5.32 Å². The van der Waals surface area contributed by atoms with Gasteiger partial charge in [-0.05, 0) is 50.9 Å². The van der Waals surface area contributed by atoms with Crippen LogP contribution in [0, 0.1) is 12.3 Å². The molecule has 0 unspecified atom stereocenters. The summed E-state index contributed by atoms with van der Waals surface area (Å²) in [7, 11) is 0. The van der Waals surface area contributed by atoms with Gasteiger partial charge in [-0.2, -0.15) is 5.10 Å². The molecule has 100 valence electrons. The highest BCUT2D eigenvalue weighted by molar-refractivity contribution is 5.14. The lowest BCUT2D eigenvalue weighted by Gasteiger charge is -2.37. The van der Waals surface area contributed by atoms with Crippen molar-refractivity contribution >= 4 is 0 Å². The molecule has 2 N–H and O–H groups in total. The second-order valence-electron chi connectivity index (χ2n) is 6.38. The maximum Gasteiger partial charge on any atom is 0.0535 e. The third kappa shape index (κ3) is 2.46. The van der Waals surface area contributed by atoms with Gasteiger partial charge in [-0.15, -0.1) is 0 Å². The zero-order valence-electron chi connectivity index (χ0n) is 11.5. The van der Waals surface area contributed by atoms with Gasteiger partial charge in [0.25, 0.3) is 0 Å². The Bertz CT molecular complexity index is 380. The summed E-state index contributed by atoms with van der Waals surface area (Å²) in [6.45, 7) is 3.07. The van der Waals surface area contributed by atoms with Crippen molar-refractivity contribution in [3.8, 4) is 0 Å². The van der Waals surface area contributed by atoms with E-state index in [4.69, 9.17) is 0 Å². The van der Waals surface area contributed by atoms with Gasteiger partial charge in [0.15, 0.2) is 0 Å². The number of aromatic amines is 1. The van der Waals surface area contributed by atoms with Crippen molar-refractivity contribution in [2.24, 2.45) is 5.41 Å². The molecular weight excluding hydrogens is 222 g/mol. The average molecular weight is 247 g/mol. The summed E-state index contributed by atoms with van der Waals surface area (Å²) >= 11 is 0. The Balaban J connectivity index is 1.47. The van der Waals surface area contributed by atoms with E-state index < -0.39 is 0 Å². The van der Waals surface area contributed by atoms with Gasteiger partial charge >= 0.3 is 0 Å². The topological polar surface area (TPSA) is 40.7 Å². The van der Waals surface area contributed by atoms with Gasteiger partial charge in [-0.3, -0.25) is 5.10 Å². The molecule has 3 rings (SSSR count). The Morgan fingerprint density at radius 2 is 2.00 bits per heavy atom. The molecule has 1 aromatic rings. The second-order valence-corrected chi connectivity index (χ2v) is 6.38. The van der Waals surface area contributed by atoms with Crippen LogP contribution in [0.2, 0.25) is 0 Å². The number of hydrogen-bond acceptors (Lipinski definition) is 2. The number of aromatic nitrogens is 2. The van der Waals surface area contributed by atoms with Gasteiger partial charge in [0.1, 0.15) is 0 Å². The third-order valence-electron chi connectivity index (χ3n) is 5.23. The molecule has 0 aliphatic heterocycles. The average Bonchev–Trinajstić information content (AvgIpc) is 2.99. The maximum atomic E-state index is 4.08. The van der Waals surface area contributed by atoms with Gasteiger partial charge in [0, 0.05) is 23.8 Å². The van der Waals surface area contributed by atoms with E-state index >= 15 is 0 Å². The lowest BCUT2D eigenvalue weighted by Crippen LogP contribution is -2.36. The Kier molecular flexibility index (Phi) is 3.42. The molecular formula is C15H25N3. The number of hydrogen-bond donors (Lipinski definition) is 2. The van der Waals surface area contributed by atoms with Crippen molar-refractivity contribution in [3.05, 3.63) is 17.5 Å². The first-order chi connectivity index (χ1) is 8.77. The van der Waals surface area contributed by atoms with Crippen molar-refractivity contribution in [1.29, 1.82) is 0 Å². The molecule has 0 amide bonds. The summed E-state index contributed by atoms with van der Waals surface area (Å²) in [5.74, 6) is 0. The largest absolute Gasteiger partial charge is 0.310 e. The first kappa shape index (κ1) is 12.2. The number of H-pyrrole nitrogens is 1. The highest BCUT2D eigenvalue weighted by Gasteiger charge is 2.37. The fraction of sp³-hybridized carbons (Fsp3) is 0.800. The molecule has 0 aromatic carbocycles. The van der Waals surface area contributed by atoms with Crippen LogP contribution in [0.3, 0.4) is 0 Å². The van der Waals surface area contributed by atoms with Gasteiger partial charge in [0.05, 0.1) is 6.20 Å². The van der Waals surface area contributed by atoms with Crippen LogP contribution in [0.5, 0.6) is 0 Å². The minimum Gasteiger partial charge on any atom is -0.310 e. The quantitative estimate of drug-likeness (QED) is 0.860.